The summed E-state index contributed by atoms with van der Waals surface area (Å²) < 4.78 is 0. The lowest BCUT2D eigenvalue weighted by Crippen LogP contribution is -2.41. The molecule has 0 saturated heterocycles. The number of benzene rings is 1. The van der Waals surface area contributed by atoms with E-state index in [2.05, 4.69) is 16.4 Å². The van der Waals surface area contributed by atoms with Gasteiger partial charge in [0.2, 0.25) is 0 Å². The van der Waals surface area contributed by atoms with Crippen molar-refractivity contribution in [3.05, 3.63) is 45.2 Å². The summed E-state index contributed by atoms with van der Waals surface area (Å²) in [6.45, 7) is 7.88. The van der Waals surface area contributed by atoms with Crippen molar-refractivity contribution in [1.82, 2.24) is 15.2 Å². The minimum absolute atomic E-state index is 0.0949. The average molecular weight is 347 g/mol. The number of hydrogen-bond donors (Lipinski definition) is 3. The van der Waals surface area contributed by atoms with Crippen LogP contribution < -0.4 is 10.9 Å². The summed E-state index contributed by atoms with van der Waals surface area (Å²) in [5, 5.41) is 13.9. The lowest BCUT2D eigenvalue weighted by molar-refractivity contribution is 0.264. The van der Waals surface area contributed by atoms with E-state index in [-0.39, 0.29) is 12.2 Å². The minimum atomic E-state index is -0.0965. The van der Waals surface area contributed by atoms with E-state index in [1.54, 1.807) is 0 Å². The normalized spacial score (nSPS) is 10.8. The Bertz CT molecular complexity index is 786. The molecule has 0 fully saturated rings. The molecule has 1 aromatic heterocycles. The van der Waals surface area contributed by atoms with Crippen LogP contribution in [0.1, 0.15) is 30.0 Å². The van der Waals surface area contributed by atoms with Crippen LogP contribution in [0.5, 0.6) is 0 Å². The molecule has 0 aliphatic heterocycles. The van der Waals surface area contributed by atoms with Gasteiger partial charge in [-0.1, -0.05) is 6.07 Å². The minimum Gasteiger partial charge on any atom is -0.396 e. The zero-order chi connectivity index (χ0) is 17.7. The molecule has 1 heterocycles. The van der Waals surface area contributed by atoms with Gasteiger partial charge in [0.25, 0.3) is 5.56 Å². The van der Waals surface area contributed by atoms with Crippen LogP contribution in [-0.4, -0.2) is 39.8 Å². The van der Waals surface area contributed by atoms with E-state index in [4.69, 9.17) is 17.3 Å². The van der Waals surface area contributed by atoms with Gasteiger partial charge < -0.3 is 20.3 Å². The number of pyridine rings is 1. The van der Waals surface area contributed by atoms with Crippen LogP contribution in [0, 0.1) is 13.8 Å². The second-order valence-electron chi connectivity index (χ2n) is 6.00. The highest BCUT2D eigenvalue weighted by Gasteiger charge is 2.13. The summed E-state index contributed by atoms with van der Waals surface area (Å²) in [4.78, 5) is 17.4. The van der Waals surface area contributed by atoms with Crippen molar-refractivity contribution >= 4 is 28.2 Å². The molecule has 0 aliphatic rings. The van der Waals surface area contributed by atoms with Gasteiger partial charge in [0, 0.05) is 36.2 Å². The summed E-state index contributed by atoms with van der Waals surface area (Å²) in [7, 11) is 0. The standard InChI is InChI=1S/C18H25N3O2S/c1-4-19-18(24)21(6-5-7-22)11-14-10-15-13(3)8-12(2)9-16(15)20-17(14)23/h8-10,22H,4-7,11H2,1-3H3,(H,19,24)(H,20,23). The van der Waals surface area contributed by atoms with Crippen LogP contribution in [0.4, 0.5) is 0 Å². The Kier molecular flexibility index (Phi) is 6.34. The highest BCUT2D eigenvalue weighted by atomic mass is 32.1. The summed E-state index contributed by atoms with van der Waals surface area (Å²) in [6, 6.07) is 6.04. The predicted octanol–water partition coefficient (Wildman–Crippen LogP) is 2.22. The molecule has 2 aromatic rings. The molecular weight excluding hydrogens is 322 g/mol. The molecule has 0 spiro atoms. The number of aromatic amines is 1. The zero-order valence-corrected chi connectivity index (χ0v) is 15.3. The number of hydrogen-bond acceptors (Lipinski definition) is 3. The molecule has 5 nitrogen and oxygen atoms in total. The van der Waals surface area contributed by atoms with Gasteiger partial charge in [-0.2, -0.15) is 0 Å². The predicted molar refractivity (Wildman–Crippen MR) is 102 cm³/mol. The maximum Gasteiger partial charge on any atom is 0.253 e. The lowest BCUT2D eigenvalue weighted by atomic mass is 10.0. The molecule has 6 heteroatoms. The van der Waals surface area contributed by atoms with Crippen molar-refractivity contribution in [2.24, 2.45) is 0 Å². The quantitative estimate of drug-likeness (QED) is 0.699. The maximum atomic E-state index is 12.5. The first-order valence-electron chi connectivity index (χ1n) is 8.23. The number of rotatable bonds is 6. The number of fused-ring (bicyclic) bond motifs is 1. The molecule has 0 bridgehead atoms. The van der Waals surface area contributed by atoms with E-state index >= 15 is 0 Å². The Morgan fingerprint density at radius 1 is 1.33 bits per heavy atom. The largest absolute Gasteiger partial charge is 0.396 e. The average Bonchev–Trinajstić information content (AvgIpc) is 2.52. The van der Waals surface area contributed by atoms with Crippen LogP contribution in [0.2, 0.25) is 0 Å². The SMILES string of the molecule is CCNC(=S)N(CCCO)Cc1cc2c(C)cc(C)cc2[nH]c1=O. The molecule has 0 atom stereocenters. The molecule has 0 radical (unpaired) electrons. The second kappa shape index (κ2) is 8.26. The van der Waals surface area contributed by atoms with Gasteiger partial charge >= 0.3 is 0 Å². The fourth-order valence-electron chi connectivity index (χ4n) is 2.82. The van der Waals surface area contributed by atoms with Crippen LogP contribution in [0.3, 0.4) is 0 Å². The van der Waals surface area contributed by atoms with Crippen LogP contribution in [0.25, 0.3) is 10.9 Å². The van der Waals surface area contributed by atoms with E-state index in [1.807, 2.05) is 37.8 Å². The monoisotopic (exact) mass is 347 g/mol. The Morgan fingerprint density at radius 3 is 2.75 bits per heavy atom. The van der Waals surface area contributed by atoms with Gasteiger partial charge in [-0.25, -0.2) is 0 Å². The molecule has 0 saturated carbocycles. The summed E-state index contributed by atoms with van der Waals surface area (Å²) in [6.07, 6.45) is 0.606. The molecular formula is C18H25N3O2S. The van der Waals surface area contributed by atoms with Crippen molar-refractivity contribution in [3.63, 3.8) is 0 Å². The molecule has 2 rings (SSSR count). The third-order valence-corrected chi connectivity index (χ3v) is 4.35. The number of nitrogens with zero attached hydrogens (tertiary/aromatic N) is 1. The van der Waals surface area contributed by atoms with Gasteiger partial charge in [-0.15, -0.1) is 0 Å². The first-order chi connectivity index (χ1) is 11.5. The van der Waals surface area contributed by atoms with E-state index in [1.165, 1.54) is 0 Å². The molecule has 0 aliphatic carbocycles. The van der Waals surface area contributed by atoms with Gasteiger partial charge in [0.1, 0.15) is 0 Å². The third-order valence-electron chi connectivity index (χ3n) is 3.95. The number of aliphatic hydroxyl groups excluding tert-OH is 1. The van der Waals surface area contributed by atoms with Crippen molar-refractivity contribution in [3.8, 4) is 0 Å². The summed E-state index contributed by atoms with van der Waals surface area (Å²) in [5.74, 6) is 0. The number of thiocarbonyl (C=S) groups is 1. The van der Waals surface area contributed by atoms with E-state index < -0.39 is 0 Å². The Balaban J connectivity index is 2.37. The smallest absolute Gasteiger partial charge is 0.253 e. The van der Waals surface area contributed by atoms with Crippen molar-refractivity contribution in [2.75, 3.05) is 19.7 Å². The molecule has 130 valence electrons. The second-order valence-corrected chi connectivity index (χ2v) is 6.39. The van der Waals surface area contributed by atoms with Gasteiger partial charge in [0.05, 0.1) is 6.54 Å². The van der Waals surface area contributed by atoms with Crippen LogP contribution >= 0.6 is 12.2 Å². The third kappa shape index (κ3) is 4.33. The molecule has 24 heavy (non-hydrogen) atoms. The molecule has 0 amide bonds. The first kappa shape index (κ1) is 18.4. The van der Waals surface area contributed by atoms with Gasteiger partial charge in [-0.3, -0.25) is 4.79 Å². The molecule has 0 unspecified atom stereocenters. The number of aliphatic hydroxyl groups is 1. The Hall–Kier alpha value is -1.92. The van der Waals surface area contributed by atoms with Crippen molar-refractivity contribution < 1.29 is 5.11 Å². The van der Waals surface area contributed by atoms with Gasteiger partial charge in [-0.05, 0) is 62.7 Å². The topological polar surface area (TPSA) is 68.4 Å². The highest BCUT2D eigenvalue weighted by molar-refractivity contribution is 7.80. The fraction of sp³-hybridized carbons (Fsp3) is 0.444. The number of aryl methyl sites for hydroxylation is 2. The lowest BCUT2D eigenvalue weighted by Gasteiger charge is -2.25. The number of aromatic nitrogens is 1. The van der Waals surface area contributed by atoms with E-state index in [0.717, 1.165) is 28.6 Å². The maximum absolute atomic E-state index is 12.5. The summed E-state index contributed by atoms with van der Waals surface area (Å²) in [5.41, 5.74) is 3.70. The Labute approximate surface area is 147 Å². The van der Waals surface area contributed by atoms with Gasteiger partial charge in [0.15, 0.2) is 5.11 Å². The molecule has 3 N–H and O–H groups in total. The number of nitrogens with one attached hydrogen (secondary N) is 2. The fourth-order valence-corrected chi connectivity index (χ4v) is 3.12. The van der Waals surface area contributed by atoms with Crippen molar-refractivity contribution in [2.45, 2.75) is 33.7 Å². The number of H-pyrrole nitrogens is 1. The van der Waals surface area contributed by atoms with Crippen molar-refractivity contribution in [1.29, 1.82) is 0 Å². The first-order valence-corrected chi connectivity index (χ1v) is 8.64. The van der Waals surface area contributed by atoms with Crippen LogP contribution in [-0.2, 0) is 6.54 Å². The van der Waals surface area contributed by atoms with Crippen LogP contribution in [0.15, 0.2) is 23.0 Å². The molecule has 1 aromatic carbocycles. The van der Waals surface area contributed by atoms with E-state index in [0.29, 0.717) is 30.2 Å². The zero-order valence-electron chi connectivity index (χ0n) is 14.5. The Morgan fingerprint density at radius 2 is 2.08 bits per heavy atom. The summed E-state index contributed by atoms with van der Waals surface area (Å²) >= 11 is 5.39. The van der Waals surface area contributed by atoms with E-state index in [9.17, 15) is 4.79 Å². The highest BCUT2D eigenvalue weighted by Crippen LogP contribution is 2.19.